The van der Waals surface area contributed by atoms with E-state index in [0.717, 1.165) is 97.1 Å². The number of rotatable bonds is 16. The third-order valence-electron chi connectivity index (χ3n) is 15.9. The fourth-order valence-corrected chi connectivity index (χ4v) is 10.5. The van der Waals surface area contributed by atoms with Gasteiger partial charge < -0.3 is 35.5 Å². The third-order valence-corrected chi connectivity index (χ3v) is 15.9. The SMILES string of the molecule is C.C.C.CCOC(=O)c1ccc(C)c(Cc2nccc(-c3cccnc3)n2)c1.Cc1ccc(C(=O)O)cc1Cc1nccc(-c2cccnc2)n1.Cc1cn(-c2cc(N)cc(C(F)(F)F)c2)cn1.Cc1cn(-c2cc(NC(=O)c3ccc(C)c(Cc4nccc(-c5cccnc5)n4)c3)cc(C(F)(F)F)c2)cn1.[Na+].[OH-]. The van der Waals surface area contributed by atoms with Crippen molar-refractivity contribution in [2.45, 2.75) is 95.4 Å². The number of alkyl halides is 6. The Morgan fingerprint density at radius 1 is 0.486 bits per heavy atom. The van der Waals surface area contributed by atoms with E-state index >= 15 is 0 Å². The number of pyridine rings is 3. The average molecular weight is 1500 g/mol. The van der Waals surface area contributed by atoms with Gasteiger partial charge in [0.1, 0.15) is 17.5 Å². The Balaban J connectivity index is 0.000000268. The minimum absolute atomic E-state index is 0. The molecule has 0 saturated carbocycles. The number of imidazole rings is 2. The number of amides is 1. The molecule has 0 bridgehead atoms. The van der Waals surface area contributed by atoms with Gasteiger partial charge in [-0.05, 0) is 202 Å². The number of nitrogens with two attached hydrogens (primary N) is 1. The van der Waals surface area contributed by atoms with Crippen molar-refractivity contribution >= 4 is 29.2 Å². The number of aromatic carboxylic acids is 1. The molecule has 13 rings (SSSR count). The predicted octanol–water partition coefficient (Wildman–Crippen LogP) is 14.5. The molecule has 109 heavy (non-hydrogen) atoms. The van der Waals surface area contributed by atoms with Gasteiger partial charge >= 0.3 is 53.8 Å². The smallest absolute Gasteiger partial charge is 0.870 e. The van der Waals surface area contributed by atoms with Gasteiger partial charge in [0, 0.05) is 132 Å². The van der Waals surface area contributed by atoms with Gasteiger partial charge in [0.2, 0.25) is 0 Å². The number of nitrogen functional groups attached to an aromatic ring is 1. The largest absolute Gasteiger partial charge is 1.00 e. The van der Waals surface area contributed by atoms with Crippen LogP contribution in [0.25, 0.3) is 45.1 Å². The molecule has 0 aliphatic carbocycles. The first kappa shape index (κ1) is 87.6. The summed E-state index contributed by atoms with van der Waals surface area (Å²) in [5.41, 5.74) is 17.9. The van der Waals surface area contributed by atoms with Gasteiger partial charge in [-0.3, -0.25) is 19.7 Å². The number of anilines is 2. The summed E-state index contributed by atoms with van der Waals surface area (Å²) in [7, 11) is 0. The maximum absolute atomic E-state index is 13.6. The van der Waals surface area contributed by atoms with Gasteiger partial charge in [0.15, 0.2) is 0 Å². The number of hydrogen-bond donors (Lipinski definition) is 3. The Morgan fingerprint density at radius 2 is 0.872 bits per heavy atom. The number of carbonyl (C=O) groups is 3. The van der Waals surface area contributed by atoms with Crippen LogP contribution in [-0.2, 0) is 36.4 Å². The van der Waals surface area contributed by atoms with Crippen LogP contribution in [0.15, 0.2) is 226 Å². The molecule has 0 saturated heterocycles. The second-order valence-electron chi connectivity index (χ2n) is 23.7. The molecule has 5 N–H and O–H groups in total. The van der Waals surface area contributed by atoms with Crippen LogP contribution in [0.5, 0.6) is 0 Å². The maximum atomic E-state index is 13.6. The van der Waals surface area contributed by atoms with Gasteiger partial charge in [-0.1, -0.05) is 40.5 Å². The average Bonchev–Trinajstić information content (AvgIpc) is 1.81. The summed E-state index contributed by atoms with van der Waals surface area (Å²) in [6.45, 7) is 11.5. The van der Waals surface area contributed by atoms with E-state index in [1.165, 1.54) is 33.9 Å². The molecule has 0 atom stereocenters. The van der Waals surface area contributed by atoms with Gasteiger partial charge in [-0.2, -0.15) is 26.3 Å². The Morgan fingerprint density at radius 3 is 1.25 bits per heavy atom. The van der Waals surface area contributed by atoms with Crippen molar-refractivity contribution in [1.82, 2.24) is 64.0 Å². The van der Waals surface area contributed by atoms with Crippen LogP contribution in [-0.4, -0.2) is 99.0 Å². The zero-order valence-electron chi connectivity index (χ0n) is 58.4. The minimum Gasteiger partial charge on any atom is -0.870 e. The molecular weight excluding hydrogens is 1420 g/mol. The number of benzene rings is 5. The molecule has 1 amide bonds. The molecule has 0 unspecified atom stereocenters. The van der Waals surface area contributed by atoms with E-state index in [-0.39, 0.29) is 85.9 Å². The number of aromatic nitrogens is 13. The Hall–Kier alpha value is -12.0. The zero-order valence-corrected chi connectivity index (χ0v) is 60.4. The van der Waals surface area contributed by atoms with Gasteiger partial charge in [-0.25, -0.2) is 49.5 Å². The summed E-state index contributed by atoms with van der Waals surface area (Å²) in [5, 5.41) is 11.7. The fourth-order valence-electron chi connectivity index (χ4n) is 10.5. The fraction of sp³-hybridized carbons (Fsp3) is 0.185. The van der Waals surface area contributed by atoms with E-state index in [2.05, 4.69) is 60.1 Å². The number of carbonyl (C=O) groups excluding carboxylic acids is 2. The molecule has 0 radical (unpaired) electrons. The topological polar surface area (TPSA) is 300 Å². The number of halogens is 6. The minimum atomic E-state index is -4.59. The number of esters is 1. The molecule has 0 spiro atoms. The van der Waals surface area contributed by atoms with Gasteiger partial charge in [0.05, 0.1) is 70.0 Å². The van der Waals surface area contributed by atoms with Crippen LogP contribution in [0.3, 0.4) is 0 Å². The molecule has 8 aromatic heterocycles. The molecule has 5 aromatic carbocycles. The number of aryl methyl sites for hydroxylation is 5. The van der Waals surface area contributed by atoms with Crippen LogP contribution >= 0.6 is 0 Å². The Bertz CT molecular complexity index is 5170. The normalized spacial score (nSPS) is 10.5. The monoisotopic (exact) mass is 1500 g/mol. The number of nitrogens with zero attached hydrogens (tertiary/aromatic N) is 13. The van der Waals surface area contributed by atoms with Crippen LogP contribution < -0.4 is 40.6 Å². The van der Waals surface area contributed by atoms with Crippen LogP contribution in [0.2, 0.25) is 0 Å². The number of carboxylic acids is 1. The zero-order chi connectivity index (χ0) is 74.1. The summed E-state index contributed by atoms with van der Waals surface area (Å²) < 4.78 is 86.7. The number of hydrogen-bond acceptors (Lipinski definition) is 17. The van der Waals surface area contributed by atoms with Crippen LogP contribution in [0, 0.1) is 34.6 Å². The molecule has 28 heteroatoms. The second-order valence-corrected chi connectivity index (χ2v) is 23.7. The summed E-state index contributed by atoms with van der Waals surface area (Å²) in [6.07, 6.45) is 14.0. The Kier molecular flexibility index (Phi) is 32.2. The van der Waals surface area contributed by atoms with Gasteiger partial charge in [-0.15, -0.1) is 0 Å². The molecule has 8 heterocycles. The van der Waals surface area contributed by atoms with Crippen molar-refractivity contribution < 1.29 is 85.6 Å². The third kappa shape index (κ3) is 24.5. The molecule has 13 aromatic rings. The first-order valence-corrected chi connectivity index (χ1v) is 32.2. The summed E-state index contributed by atoms with van der Waals surface area (Å²) in [4.78, 5) is 83.4. The predicted molar refractivity (Wildman–Crippen MR) is 402 cm³/mol. The quantitative estimate of drug-likeness (QED) is 0.0350. The van der Waals surface area contributed by atoms with E-state index in [1.807, 2.05) is 87.5 Å². The van der Waals surface area contributed by atoms with E-state index in [9.17, 15) is 40.7 Å². The number of nitrogens with one attached hydrogen (secondary N) is 1. The first-order chi connectivity index (χ1) is 49.8. The molecule has 0 fully saturated rings. The van der Waals surface area contributed by atoms with Crippen molar-refractivity contribution in [2.24, 2.45) is 0 Å². The number of carboxylic acid groups (broad SMARTS) is 1. The molecular formula is C81H80F6N15NaO6. The van der Waals surface area contributed by atoms with E-state index in [0.29, 0.717) is 65.9 Å². The Labute approximate surface area is 649 Å². The van der Waals surface area contributed by atoms with E-state index < -0.39 is 35.4 Å². The van der Waals surface area contributed by atoms with Crippen molar-refractivity contribution in [3.05, 3.63) is 316 Å². The van der Waals surface area contributed by atoms with E-state index in [1.54, 1.807) is 131 Å². The van der Waals surface area contributed by atoms with Crippen LogP contribution in [0.4, 0.5) is 37.7 Å². The summed E-state index contributed by atoms with van der Waals surface area (Å²) in [5.74, 6) is 0.135. The summed E-state index contributed by atoms with van der Waals surface area (Å²) in [6, 6.07) is 39.5. The van der Waals surface area contributed by atoms with Crippen molar-refractivity contribution in [3.8, 4) is 45.1 Å². The maximum Gasteiger partial charge on any atom is 1.00 e. The standard InChI is InChI=1S/C29H23F3N6O.C20H19N3O2.C18H15N3O2.C11H10F3N3.3CH4.Na.H2O/c1-18-5-6-20(10-22(18)11-27-34-9-7-26(37-27)21-4-3-8-33-15-21)28(39)36-24-12-23(29(30,31)32)13-25(14-24)38-16-19(2)35-17-38;1-3-25-20(24)15-7-6-14(2)17(11-15)12-19-22-10-8-18(23-19)16-5-4-9-21-13-16;1-12-4-5-13(18(22)23)9-15(12)10-17-20-8-6-16(21-17)14-3-2-7-19-11-14;1-7-5-17(6-16-7)10-3-8(11(12,13)14)2-9(15)4-10;;;;;/h3-10,12-17H,11H2,1-2H3,(H,36,39);4-11,13H,3,12H2,1-2H3;2-9,11H,10H2,1H3,(H,22,23);2-6H,15H2,1H3;3*1H4;;1H2/q;;;;;;;+1;/p-1. The first-order valence-electron chi connectivity index (χ1n) is 32.2. The van der Waals surface area contributed by atoms with E-state index in [4.69, 9.17) is 15.6 Å². The van der Waals surface area contributed by atoms with Crippen molar-refractivity contribution in [1.29, 1.82) is 0 Å². The van der Waals surface area contributed by atoms with Crippen molar-refractivity contribution in [3.63, 3.8) is 0 Å². The van der Waals surface area contributed by atoms with Gasteiger partial charge in [0.25, 0.3) is 5.91 Å². The summed E-state index contributed by atoms with van der Waals surface area (Å²) >= 11 is 0. The molecule has 0 aliphatic heterocycles. The molecule has 558 valence electrons. The van der Waals surface area contributed by atoms with Crippen LogP contribution in [0.1, 0.15) is 134 Å². The number of ether oxygens (including phenoxy) is 1. The second kappa shape index (κ2) is 40.1. The molecule has 0 aliphatic rings. The van der Waals surface area contributed by atoms with Crippen molar-refractivity contribution in [2.75, 3.05) is 17.7 Å². The molecule has 21 nitrogen and oxygen atoms in total.